The Hall–Kier alpha value is -1.67. The molecule has 0 amide bonds. The molecule has 0 aliphatic rings. The van der Waals surface area contributed by atoms with Crippen molar-refractivity contribution in [2.24, 2.45) is 0 Å². The van der Waals surface area contributed by atoms with Crippen LogP contribution in [0.1, 0.15) is 0 Å². The van der Waals surface area contributed by atoms with Gasteiger partial charge >= 0.3 is 0 Å². The van der Waals surface area contributed by atoms with Crippen LogP contribution in [0, 0.1) is 0 Å². The van der Waals surface area contributed by atoms with Crippen molar-refractivity contribution in [2.75, 3.05) is 23.7 Å². The highest BCUT2D eigenvalue weighted by molar-refractivity contribution is 9.10. The summed E-state index contributed by atoms with van der Waals surface area (Å²) in [7, 11) is -0.0145. The first-order valence-corrected chi connectivity index (χ1v) is 7.94. The number of hydrogen-bond donors (Lipinski definition) is 1. The van der Waals surface area contributed by atoms with Crippen LogP contribution in [0.4, 0.5) is 11.6 Å². The highest BCUT2D eigenvalue weighted by atomic mass is 79.9. The van der Waals surface area contributed by atoms with Crippen LogP contribution in [0.2, 0.25) is 0 Å². The lowest BCUT2D eigenvalue weighted by Crippen LogP contribution is -2.15. The lowest BCUT2D eigenvalue weighted by Gasteiger charge is -2.11. The average molecular weight is 357 g/mol. The van der Waals surface area contributed by atoms with Crippen molar-refractivity contribution in [3.8, 4) is 0 Å². The molecular formula is C12H13BrN4O2S. The first kappa shape index (κ1) is 14.7. The number of halogens is 1. The molecule has 0 saturated heterocycles. The average Bonchev–Trinajstić information content (AvgIpc) is 2.39. The molecule has 20 heavy (non-hydrogen) atoms. The van der Waals surface area contributed by atoms with Gasteiger partial charge in [-0.25, -0.2) is 18.4 Å². The fourth-order valence-electron chi connectivity index (χ4n) is 1.43. The Morgan fingerprint density at radius 1 is 1.10 bits per heavy atom. The molecule has 0 saturated carbocycles. The molecule has 0 bridgehead atoms. The molecule has 1 aromatic heterocycles. The fourth-order valence-corrected chi connectivity index (χ4v) is 2.72. The van der Waals surface area contributed by atoms with Crippen molar-refractivity contribution in [2.45, 2.75) is 4.90 Å². The van der Waals surface area contributed by atoms with E-state index >= 15 is 0 Å². The molecule has 0 spiro atoms. The molecule has 0 unspecified atom stereocenters. The fraction of sp³-hybridized carbons (Fsp3) is 0.167. The molecule has 0 aliphatic carbocycles. The second-order valence-electron chi connectivity index (χ2n) is 4.23. The third-order valence-corrected chi connectivity index (χ3v) is 4.34. The van der Waals surface area contributed by atoms with Crippen molar-refractivity contribution in [3.63, 3.8) is 0 Å². The normalized spacial score (nSPS) is 11.2. The number of nitrogens with zero attached hydrogens (tertiary/aromatic N) is 3. The lowest BCUT2D eigenvalue weighted by molar-refractivity contribution is 0.601. The second kappa shape index (κ2) is 5.76. The highest BCUT2D eigenvalue weighted by Crippen LogP contribution is 2.18. The molecule has 1 aromatic carbocycles. The third-order valence-electron chi connectivity index (χ3n) is 2.41. The van der Waals surface area contributed by atoms with Crippen LogP contribution in [-0.2, 0) is 10.0 Å². The van der Waals surface area contributed by atoms with Crippen LogP contribution >= 0.6 is 15.9 Å². The second-order valence-corrected chi connectivity index (χ2v) is 6.82. The van der Waals surface area contributed by atoms with Gasteiger partial charge in [0, 0.05) is 18.6 Å². The van der Waals surface area contributed by atoms with Gasteiger partial charge in [0.25, 0.3) is 10.0 Å². The minimum Gasteiger partial charge on any atom is -0.347 e. The van der Waals surface area contributed by atoms with E-state index in [1.807, 2.05) is 0 Å². The quantitative estimate of drug-likeness (QED) is 0.907. The van der Waals surface area contributed by atoms with E-state index in [0.29, 0.717) is 11.6 Å². The molecule has 0 atom stereocenters. The zero-order valence-corrected chi connectivity index (χ0v) is 13.3. The van der Waals surface area contributed by atoms with E-state index in [-0.39, 0.29) is 4.90 Å². The molecule has 0 fully saturated rings. The number of rotatable bonds is 4. The van der Waals surface area contributed by atoms with E-state index < -0.39 is 10.0 Å². The zero-order chi connectivity index (χ0) is 14.8. The Kier molecular flexibility index (Phi) is 4.24. The predicted molar refractivity (Wildman–Crippen MR) is 81.3 cm³/mol. The molecule has 0 radical (unpaired) electrons. The Balaban J connectivity index is 2.22. The summed E-state index contributed by atoms with van der Waals surface area (Å²) in [4.78, 5) is 10.0. The molecule has 2 aromatic rings. The van der Waals surface area contributed by atoms with Gasteiger partial charge in [0.05, 0.1) is 23.0 Å². The molecule has 6 nitrogen and oxygen atoms in total. The van der Waals surface area contributed by atoms with E-state index in [2.05, 4.69) is 30.6 Å². The maximum Gasteiger partial charge on any atom is 0.261 e. The topological polar surface area (TPSA) is 75.2 Å². The number of benzene rings is 1. The van der Waals surface area contributed by atoms with Gasteiger partial charge in [-0.05, 0) is 24.3 Å². The van der Waals surface area contributed by atoms with Gasteiger partial charge < -0.3 is 4.90 Å². The van der Waals surface area contributed by atoms with Gasteiger partial charge in [0.1, 0.15) is 0 Å². The standard InChI is InChI=1S/C12H13BrN4O2S/c1-17(2)12-14-7-10(8-15-12)16-20(18,19)11-5-3-9(13)4-6-11/h3-8,16H,1-2H3. The van der Waals surface area contributed by atoms with Crippen molar-refractivity contribution in [1.29, 1.82) is 0 Å². The third kappa shape index (κ3) is 3.45. The SMILES string of the molecule is CN(C)c1ncc(NS(=O)(=O)c2ccc(Br)cc2)cn1. The van der Waals surface area contributed by atoms with Gasteiger partial charge in [-0.2, -0.15) is 0 Å². The minimum absolute atomic E-state index is 0.178. The summed E-state index contributed by atoms with van der Waals surface area (Å²) in [5, 5.41) is 0. The van der Waals surface area contributed by atoms with E-state index in [4.69, 9.17) is 0 Å². The van der Waals surface area contributed by atoms with Crippen LogP contribution in [0.15, 0.2) is 46.0 Å². The van der Waals surface area contributed by atoms with Gasteiger partial charge in [0.2, 0.25) is 5.95 Å². The molecule has 1 heterocycles. The largest absolute Gasteiger partial charge is 0.347 e. The maximum absolute atomic E-state index is 12.1. The van der Waals surface area contributed by atoms with Crippen molar-refractivity contribution < 1.29 is 8.42 Å². The van der Waals surface area contributed by atoms with Gasteiger partial charge in [-0.3, -0.25) is 4.72 Å². The number of hydrogen-bond acceptors (Lipinski definition) is 5. The van der Waals surface area contributed by atoms with E-state index in [1.54, 1.807) is 31.1 Å². The van der Waals surface area contributed by atoms with Crippen LogP contribution in [0.25, 0.3) is 0 Å². The van der Waals surface area contributed by atoms with Gasteiger partial charge in [-0.1, -0.05) is 15.9 Å². The number of sulfonamides is 1. The smallest absolute Gasteiger partial charge is 0.261 e. The summed E-state index contributed by atoms with van der Waals surface area (Å²) in [6.07, 6.45) is 2.86. The number of nitrogens with one attached hydrogen (secondary N) is 1. The molecule has 1 N–H and O–H groups in total. The molecular weight excluding hydrogens is 344 g/mol. The number of aromatic nitrogens is 2. The maximum atomic E-state index is 12.1. The summed E-state index contributed by atoms with van der Waals surface area (Å²) in [5.74, 6) is 0.511. The molecule has 8 heteroatoms. The molecule has 0 aliphatic heterocycles. The molecule has 106 valence electrons. The summed E-state index contributed by atoms with van der Waals surface area (Å²) in [5.41, 5.74) is 0.318. The molecule has 2 rings (SSSR count). The minimum atomic E-state index is -3.63. The first-order valence-electron chi connectivity index (χ1n) is 5.66. The van der Waals surface area contributed by atoms with Gasteiger partial charge in [0.15, 0.2) is 0 Å². The highest BCUT2D eigenvalue weighted by Gasteiger charge is 2.14. The van der Waals surface area contributed by atoms with Crippen molar-refractivity contribution in [3.05, 3.63) is 41.1 Å². The van der Waals surface area contributed by atoms with Crippen LogP contribution in [0.3, 0.4) is 0 Å². The van der Waals surface area contributed by atoms with Crippen LogP contribution in [0.5, 0.6) is 0 Å². The predicted octanol–water partition coefficient (Wildman–Crippen LogP) is 2.11. The lowest BCUT2D eigenvalue weighted by atomic mass is 10.4. The monoisotopic (exact) mass is 356 g/mol. The summed E-state index contributed by atoms with van der Waals surface area (Å²) >= 11 is 3.26. The Morgan fingerprint density at radius 2 is 1.65 bits per heavy atom. The van der Waals surface area contributed by atoms with Crippen molar-refractivity contribution in [1.82, 2.24) is 9.97 Å². The first-order chi connectivity index (χ1) is 9.38. The van der Waals surface area contributed by atoms with Gasteiger partial charge in [-0.15, -0.1) is 0 Å². The Morgan fingerprint density at radius 3 is 2.15 bits per heavy atom. The van der Waals surface area contributed by atoms with Crippen LogP contribution in [-0.4, -0.2) is 32.5 Å². The number of anilines is 2. The Bertz CT molecular complexity index is 684. The van der Waals surface area contributed by atoms with Crippen molar-refractivity contribution >= 4 is 37.6 Å². The summed E-state index contributed by atoms with van der Waals surface area (Å²) in [6, 6.07) is 6.36. The van der Waals surface area contributed by atoms with E-state index in [0.717, 1.165) is 4.47 Å². The van der Waals surface area contributed by atoms with E-state index in [9.17, 15) is 8.42 Å². The van der Waals surface area contributed by atoms with Crippen LogP contribution < -0.4 is 9.62 Å². The summed E-state index contributed by atoms with van der Waals surface area (Å²) < 4.78 is 27.5. The van der Waals surface area contributed by atoms with E-state index in [1.165, 1.54) is 24.5 Å². The summed E-state index contributed by atoms with van der Waals surface area (Å²) in [6.45, 7) is 0. The Labute approximate surface area is 126 Å². The zero-order valence-electron chi connectivity index (χ0n) is 10.9.